The molecule has 3 rings (SSSR count). The van der Waals surface area contributed by atoms with Crippen LogP contribution in [0.25, 0.3) is 0 Å². The molecule has 4 N–H and O–H groups in total. The number of carbonyl (C=O) groups is 3. The van der Waals surface area contributed by atoms with Crippen molar-refractivity contribution in [1.29, 1.82) is 0 Å². The van der Waals surface area contributed by atoms with Gasteiger partial charge in [0.15, 0.2) is 0 Å². The third kappa shape index (κ3) is 9.68. The maximum absolute atomic E-state index is 13.2. The van der Waals surface area contributed by atoms with Crippen molar-refractivity contribution in [2.45, 2.75) is 19.2 Å². The molecule has 198 valence electrons. The number of para-hydroxylation sites is 1. The summed E-state index contributed by atoms with van der Waals surface area (Å²) in [6, 6.07) is 11.0. The topological polar surface area (TPSA) is 136 Å². The van der Waals surface area contributed by atoms with E-state index < -0.39 is 29.6 Å². The Balaban J connectivity index is 0.000000521. The summed E-state index contributed by atoms with van der Waals surface area (Å²) in [4.78, 5) is 31.4. The summed E-state index contributed by atoms with van der Waals surface area (Å²) in [5.41, 5.74) is 1.38. The highest BCUT2D eigenvalue weighted by Gasteiger charge is 2.33. The lowest BCUT2D eigenvalue weighted by atomic mass is 10.1. The summed E-state index contributed by atoms with van der Waals surface area (Å²) < 4.78 is 45.5. The molecule has 1 aliphatic rings. The Hall–Kier alpha value is -4.32. The minimum Gasteiger partial charge on any atom is -0.487 e. The number of nitrogens with one attached hydrogen (secondary N) is 1. The zero-order valence-corrected chi connectivity index (χ0v) is 19.4. The molecule has 0 bridgehead atoms. The van der Waals surface area contributed by atoms with Crippen molar-refractivity contribution in [3.05, 3.63) is 77.9 Å². The van der Waals surface area contributed by atoms with Crippen LogP contribution in [0.4, 0.5) is 24.5 Å². The number of hydrogen-bond acceptors (Lipinski definition) is 6. The number of fused-ring (bicyclic) bond motifs is 2. The van der Waals surface area contributed by atoms with Gasteiger partial charge in [0.1, 0.15) is 12.4 Å². The summed E-state index contributed by atoms with van der Waals surface area (Å²) in [5, 5.41) is 27.3. The van der Waals surface area contributed by atoms with Crippen LogP contribution < -0.4 is 15.0 Å². The second-order valence-electron chi connectivity index (χ2n) is 7.56. The first-order valence-electron chi connectivity index (χ1n) is 10.9. The number of rotatable bonds is 9. The largest absolute Gasteiger partial charge is 0.487 e. The summed E-state index contributed by atoms with van der Waals surface area (Å²) in [5.74, 6) is -3.11. The lowest BCUT2D eigenvalue weighted by Crippen LogP contribution is -2.24. The molecule has 0 amide bonds. The van der Waals surface area contributed by atoms with Gasteiger partial charge in [-0.25, -0.2) is 14.4 Å². The van der Waals surface area contributed by atoms with E-state index in [4.69, 9.17) is 20.1 Å². The van der Waals surface area contributed by atoms with Gasteiger partial charge in [0.25, 0.3) is 0 Å². The molecule has 37 heavy (non-hydrogen) atoms. The zero-order valence-electron chi connectivity index (χ0n) is 19.4. The highest BCUT2D eigenvalue weighted by molar-refractivity contribution is 5.89. The highest BCUT2D eigenvalue weighted by atomic mass is 19.4. The molecule has 1 aliphatic heterocycles. The smallest absolute Gasteiger partial charge is 0.416 e. The second kappa shape index (κ2) is 13.7. The fourth-order valence-corrected chi connectivity index (χ4v) is 3.30. The Morgan fingerprint density at radius 1 is 0.946 bits per heavy atom. The number of carboxylic acids is 3. The maximum atomic E-state index is 13.2. The van der Waals surface area contributed by atoms with Gasteiger partial charge in [-0.15, -0.1) is 0 Å². The maximum Gasteiger partial charge on any atom is 0.416 e. The molecule has 0 saturated carbocycles. The van der Waals surface area contributed by atoms with Gasteiger partial charge in [0.2, 0.25) is 0 Å². The van der Waals surface area contributed by atoms with Crippen LogP contribution >= 0.6 is 0 Å². The third-order valence-electron chi connectivity index (χ3n) is 4.87. The quantitative estimate of drug-likeness (QED) is 0.284. The van der Waals surface area contributed by atoms with Crippen LogP contribution in [0.3, 0.4) is 0 Å². The third-order valence-corrected chi connectivity index (χ3v) is 4.87. The zero-order chi connectivity index (χ0) is 27.4. The van der Waals surface area contributed by atoms with E-state index in [0.717, 1.165) is 29.5 Å². The average Bonchev–Trinajstić information content (AvgIpc) is 2.98. The summed E-state index contributed by atoms with van der Waals surface area (Å²) in [6.45, 7) is 1.74. The molecule has 1 heterocycles. The number of nitrogens with zero attached hydrogens (tertiary/aromatic N) is 1. The van der Waals surface area contributed by atoms with Crippen molar-refractivity contribution in [2.24, 2.45) is 0 Å². The number of carboxylic acid groups (broad SMARTS) is 3. The molecule has 0 fully saturated rings. The fraction of sp³-hybridized carbons (Fsp3) is 0.240. The van der Waals surface area contributed by atoms with E-state index in [2.05, 4.69) is 5.32 Å². The monoisotopic (exact) mass is 522 g/mol. The van der Waals surface area contributed by atoms with E-state index in [1.807, 2.05) is 29.2 Å². The number of aliphatic carboxylic acids is 3. The Morgan fingerprint density at radius 2 is 1.59 bits per heavy atom. The van der Waals surface area contributed by atoms with Crippen molar-refractivity contribution in [3.8, 4) is 5.75 Å². The number of ether oxygens (including phenoxy) is 1. The molecular weight excluding hydrogens is 497 g/mol. The molecule has 0 unspecified atom stereocenters. The van der Waals surface area contributed by atoms with Crippen LogP contribution in [0.15, 0.2) is 66.8 Å². The molecule has 2 aromatic rings. The molecule has 9 nitrogen and oxygen atoms in total. The van der Waals surface area contributed by atoms with Crippen molar-refractivity contribution >= 4 is 29.3 Å². The fourth-order valence-electron chi connectivity index (χ4n) is 3.30. The summed E-state index contributed by atoms with van der Waals surface area (Å²) in [7, 11) is 0. The van der Waals surface area contributed by atoms with E-state index in [1.54, 1.807) is 0 Å². The number of alkyl halides is 3. The van der Waals surface area contributed by atoms with Gasteiger partial charge in [-0.3, -0.25) is 0 Å². The van der Waals surface area contributed by atoms with Crippen molar-refractivity contribution in [2.75, 3.05) is 24.5 Å². The molecule has 0 atom stereocenters. The Morgan fingerprint density at radius 3 is 2.22 bits per heavy atom. The molecule has 0 aliphatic carbocycles. The van der Waals surface area contributed by atoms with Gasteiger partial charge < -0.3 is 30.3 Å². The predicted octanol–water partition coefficient (Wildman–Crippen LogP) is 4.07. The predicted molar refractivity (Wildman–Crippen MR) is 128 cm³/mol. The molecule has 2 aromatic carbocycles. The van der Waals surface area contributed by atoms with Crippen LogP contribution in [-0.4, -0.2) is 52.9 Å². The molecule has 0 radical (unpaired) electrons. The Bertz CT molecular complexity index is 1150. The first-order chi connectivity index (χ1) is 17.5. The van der Waals surface area contributed by atoms with Crippen molar-refractivity contribution in [3.63, 3.8) is 0 Å². The minimum absolute atomic E-state index is 0.281. The van der Waals surface area contributed by atoms with Gasteiger partial charge in [0.05, 0.1) is 11.3 Å². The lowest BCUT2D eigenvalue weighted by Gasteiger charge is -2.26. The minimum atomic E-state index is -4.44. The van der Waals surface area contributed by atoms with Crippen molar-refractivity contribution < 1.29 is 47.6 Å². The molecule has 0 aromatic heterocycles. The first-order valence-corrected chi connectivity index (χ1v) is 10.9. The van der Waals surface area contributed by atoms with Crippen LogP contribution in [0.2, 0.25) is 0 Å². The number of anilines is 2. The van der Waals surface area contributed by atoms with Crippen LogP contribution in [0, 0.1) is 0 Å². The van der Waals surface area contributed by atoms with Gasteiger partial charge >= 0.3 is 24.1 Å². The first kappa shape index (κ1) is 28.9. The molecule has 0 spiro atoms. The number of benzene rings is 2. The van der Waals surface area contributed by atoms with E-state index in [-0.39, 0.29) is 6.61 Å². The van der Waals surface area contributed by atoms with Gasteiger partial charge in [-0.05, 0) is 37.2 Å². The van der Waals surface area contributed by atoms with Crippen molar-refractivity contribution in [1.82, 2.24) is 5.32 Å². The number of hydrogen-bond donors (Lipinski definition) is 4. The lowest BCUT2D eigenvalue weighted by molar-refractivity contribution is -0.137. The molecular formula is C25H25F3N2O7. The van der Waals surface area contributed by atoms with E-state index >= 15 is 0 Å². The van der Waals surface area contributed by atoms with Crippen LogP contribution in [0.5, 0.6) is 5.75 Å². The van der Waals surface area contributed by atoms with Crippen LogP contribution in [-0.2, 0) is 27.2 Å². The molecule has 12 heteroatoms. The average molecular weight is 522 g/mol. The molecule has 0 saturated heterocycles. The van der Waals surface area contributed by atoms with E-state index in [0.29, 0.717) is 49.6 Å². The Labute approximate surface area is 210 Å². The number of halogens is 3. The SMILES string of the molecule is O=C(O)/C=C/CNCCCN1c2ccccc2COc2ccc(C(F)(F)F)cc21.O=C(O)/C=C\C(=O)O. The summed E-state index contributed by atoms with van der Waals surface area (Å²) >= 11 is 0. The highest BCUT2D eigenvalue weighted by Crippen LogP contribution is 2.42. The summed E-state index contributed by atoms with van der Waals surface area (Å²) in [6.07, 6.45) is -0.118. The van der Waals surface area contributed by atoms with Crippen LogP contribution in [0.1, 0.15) is 17.5 Å². The van der Waals surface area contributed by atoms with Gasteiger partial charge in [-0.1, -0.05) is 24.3 Å². The normalized spacial score (nSPS) is 12.7. The Kier molecular flexibility index (Phi) is 10.7. The van der Waals surface area contributed by atoms with E-state index in [9.17, 15) is 27.6 Å². The van der Waals surface area contributed by atoms with Gasteiger partial charge in [-0.2, -0.15) is 13.2 Å². The standard InChI is InChI=1S/C21H21F3N2O3.C4H4O4/c22-21(23,24)16-8-9-19-18(13-16)26(12-4-11-25-10-3-7-20(27)28)17-6-2-1-5-15(17)14-29-19;5-3(6)1-2-4(7)8/h1-3,5-9,13,25H,4,10-12,14H2,(H,27,28);1-2H,(H,5,6)(H,7,8)/b7-3+;2-1-. The van der Waals surface area contributed by atoms with E-state index in [1.165, 1.54) is 12.1 Å². The van der Waals surface area contributed by atoms with Gasteiger partial charge in [0, 0.05) is 42.6 Å². The second-order valence-corrected chi connectivity index (χ2v) is 7.56.